The third-order valence-electron chi connectivity index (χ3n) is 7.11. The summed E-state index contributed by atoms with van der Waals surface area (Å²) in [4.78, 5) is 27.8. The molecule has 2 aromatic heterocycles. The second-order valence-corrected chi connectivity index (χ2v) is 9.26. The van der Waals surface area contributed by atoms with E-state index in [-0.39, 0.29) is 23.8 Å². The third kappa shape index (κ3) is 3.81. The first kappa shape index (κ1) is 21.2. The van der Waals surface area contributed by atoms with E-state index in [2.05, 4.69) is 24.9 Å². The molecule has 2 unspecified atom stereocenters. The number of hydrogen-bond donors (Lipinski definition) is 0. The number of halogens is 2. The van der Waals surface area contributed by atoms with Gasteiger partial charge in [0.25, 0.3) is 0 Å². The quantitative estimate of drug-likeness (QED) is 0.588. The Morgan fingerprint density at radius 3 is 2.38 bits per heavy atom. The van der Waals surface area contributed by atoms with Crippen molar-refractivity contribution in [2.24, 2.45) is 0 Å². The topological polar surface area (TPSA) is 70.4 Å². The van der Waals surface area contributed by atoms with Crippen LogP contribution < -0.4 is 4.90 Å². The van der Waals surface area contributed by atoms with E-state index in [1.54, 1.807) is 18.3 Å². The lowest BCUT2D eigenvalue weighted by atomic mass is 10.1. The number of carbonyl (C=O) groups is 1. The van der Waals surface area contributed by atoms with Crippen LogP contribution in [0.25, 0.3) is 5.69 Å². The number of benzene rings is 1. The Morgan fingerprint density at radius 1 is 0.971 bits per heavy atom. The highest BCUT2D eigenvalue weighted by atomic mass is 19.1. The Balaban J connectivity index is 1.10. The lowest BCUT2D eigenvalue weighted by molar-refractivity contribution is -0.133. The molecule has 176 valence electrons. The van der Waals surface area contributed by atoms with Gasteiger partial charge in [0, 0.05) is 50.2 Å². The summed E-state index contributed by atoms with van der Waals surface area (Å²) in [5, 5.41) is 4.48. The van der Waals surface area contributed by atoms with Gasteiger partial charge in [0.1, 0.15) is 5.82 Å². The standard InChI is InChI=1S/C24H25F2N7O/c25-17-1-3-19(4-2-17)33-22-7-8-31(12-16(22)9-29-33)23(34)15-30-13-20-5-6-21(14-30)32(20)24-27-10-18(26)11-28-24/h1-4,9-11,20-21H,5-8,12-15H2. The minimum Gasteiger partial charge on any atom is -0.337 e. The Labute approximate surface area is 195 Å². The van der Waals surface area contributed by atoms with Crippen molar-refractivity contribution >= 4 is 11.9 Å². The van der Waals surface area contributed by atoms with Crippen molar-refractivity contribution in [3.63, 3.8) is 0 Å². The Kier molecular flexibility index (Phi) is 5.24. The van der Waals surface area contributed by atoms with Gasteiger partial charge in [-0.2, -0.15) is 5.10 Å². The summed E-state index contributed by atoms with van der Waals surface area (Å²) in [6.07, 6.45) is 6.97. The molecular weight excluding hydrogens is 440 g/mol. The summed E-state index contributed by atoms with van der Waals surface area (Å²) in [6, 6.07) is 6.75. The van der Waals surface area contributed by atoms with Crippen LogP contribution in [-0.4, -0.2) is 73.7 Å². The molecule has 5 heterocycles. The van der Waals surface area contributed by atoms with E-state index >= 15 is 0 Å². The van der Waals surface area contributed by atoms with Gasteiger partial charge in [-0.1, -0.05) is 0 Å². The molecule has 2 saturated heterocycles. The number of aromatic nitrogens is 4. The zero-order valence-corrected chi connectivity index (χ0v) is 18.6. The number of amides is 1. The van der Waals surface area contributed by atoms with Crippen LogP contribution in [0.2, 0.25) is 0 Å². The van der Waals surface area contributed by atoms with Crippen molar-refractivity contribution in [3.05, 3.63) is 65.7 Å². The van der Waals surface area contributed by atoms with E-state index in [1.165, 1.54) is 24.5 Å². The Morgan fingerprint density at radius 2 is 1.68 bits per heavy atom. The smallest absolute Gasteiger partial charge is 0.237 e. The number of nitrogens with zero attached hydrogens (tertiary/aromatic N) is 7. The number of anilines is 1. The van der Waals surface area contributed by atoms with Crippen molar-refractivity contribution in [1.82, 2.24) is 29.5 Å². The van der Waals surface area contributed by atoms with Gasteiger partial charge in [0.2, 0.25) is 11.9 Å². The zero-order valence-electron chi connectivity index (χ0n) is 18.6. The molecule has 1 amide bonds. The second kappa shape index (κ2) is 8.43. The van der Waals surface area contributed by atoms with Crippen LogP contribution in [-0.2, 0) is 17.8 Å². The first-order chi connectivity index (χ1) is 16.5. The Bertz CT molecular complexity index is 1180. The fraction of sp³-hybridized carbons (Fsp3) is 0.417. The highest BCUT2D eigenvalue weighted by Gasteiger charge is 2.42. The summed E-state index contributed by atoms with van der Waals surface area (Å²) in [5.74, 6) is -0.0260. The highest BCUT2D eigenvalue weighted by Crippen LogP contribution is 2.33. The molecule has 34 heavy (non-hydrogen) atoms. The van der Waals surface area contributed by atoms with Crippen LogP contribution in [0, 0.1) is 11.6 Å². The molecule has 3 aromatic rings. The lowest BCUT2D eigenvalue weighted by Gasteiger charge is -2.41. The minimum absolute atomic E-state index is 0.117. The molecule has 6 rings (SSSR count). The van der Waals surface area contributed by atoms with Gasteiger partial charge in [-0.15, -0.1) is 0 Å². The van der Waals surface area contributed by atoms with Gasteiger partial charge >= 0.3 is 0 Å². The molecule has 3 aliphatic rings. The summed E-state index contributed by atoms with van der Waals surface area (Å²) in [5.41, 5.74) is 2.92. The van der Waals surface area contributed by atoms with Crippen LogP contribution in [0.3, 0.4) is 0 Å². The van der Waals surface area contributed by atoms with Crippen molar-refractivity contribution in [1.29, 1.82) is 0 Å². The molecule has 3 aliphatic heterocycles. The van der Waals surface area contributed by atoms with Gasteiger partial charge in [-0.3, -0.25) is 9.69 Å². The van der Waals surface area contributed by atoms with Gasteiger partial charge < -0.3 is 9.80 Å². The second-order valence-electron chi connectivity index (χ2n) is 9.26. The van der Waals surface area contributed by atoms with Crippen LogP contribution in [0.5, 0.6) is 0 Å². The molecular formula is C24H25F2N7O. The summed E-state index contributed by atoms with van der Waals surface area (Å²) < 4.78 is 28.3. The summed E-state index contributed by atoms with van der Waals surface area (Å²) in [7, 11) is 0. The third-order valence-corrected chi connectivity index (χ3v) is 7.11. The largest absolute Gasteiger partial charge is 0.337 e. The molecule has 0 aliphatic carbocycles. The summed E-state index contributed by atoms with van der Waals surface area (Å²) in [6.45, 7) is 3.09. The first-order valence-corrected chi connectivity index (χ1v) is 11.6. The lowest BCUT2D eigenvalue weighted by Crippen LogP contribution is -2.56. The van der Waals surface area contributed by atoms with Crippen LogP contribution in [0.15, 0.2) is 42.9 Å². The molecule has 2 atom stereocenters. The number of likely N-dealkylation sites (tertiary alicyclic amines) is 1. The van der Waals surface area contributed by atoms with E-state index in [9.17, 15) is 13.6 Å². The molecule has 0 radical (unpaired) electrons. The fourth-order valence-corrected chi connectivity index (χ4v) is 5.53. The molecule has 2 fully saturated rings. The maximum absolute atomic E-state index is 13.3. The number of rotatable bonds is 4. The van der Waals surface area contributed by atoms with E-state index in [4.69, 9.17) is 0 Å². The van der Waals surface area contributed by atoms with Crippen molar-refractivity contribution in [2.45, 2.75) is 37.9 Å². The average molecular weight is 466 g/mol. The predicted octanol–water partition coefficient (Wildman–Crippen LogP) is 2.18. The average Bonchev–Trinajstić information content (AvgIpc) is 3.38. The predicted molar refractivity (Wildman–Crippen MR) is 120 cm³/mol. The molecule has 0 N–H and O–H groups in total. The van der Waals surface area contributed by atoms with Crippen molar-refractivity contribution in [2.75, 3.05) is 31.1 Å². The monoisotopic (exact) mass is 465 g/mol. The highest BCUT2D eigenvalue weighted by molar-refractivity contribution is 5.78. The number of piperazine rings is 1. The zero-order chi connectivity index (χ0) is 23.2. The molecule has 1 aromatic carbocycles. The number of carbonyl (C=O) groups excluding carboxylic acids is 1. The molecule has 8 nitrogen and oxygen atoms in total. The molecule has 0 saturated carbocycles. The first-order valence-electron chi connectivity index (χ1n) is 11.6. The maximum atomic E-state index is 13.3. The van der Waals surface area contributed by atoms with Crippen LogP contribution >= 0.6 is 0 Å². The summed E-state index contributed by atoms with van der Waals surface area (Å²) >= 11 is 0. The van der Waals surface area contributed by atoms with Gasteiger partial charge in [0.05, 0.1) is 36.5 Å². The minimum atomic E-state index is -0.437. The number of fused-ring (bicyclic) bond motifs is 3. The number of hydrogen-bond acceptors (Lipinski definition) is 6. The Hall–Kier alpha value is -3.40. The molecule has 0 spiro atoms. The maximum Gasteiger partial charge on any atom is 0.237 e. The van der Waals surface area contributed by atoms with Crippen molar-refractivity contribution in [3.8, 4) is 5.69 Å². The fourth-order valence-electron chi connectivity index (χ4n) is 5.53. The van der Waals surface area contributed by atoms with E-state index in [0.29, 0.717) is 32.0 Å². The van der Waals surface area contributed by atoms with Crippen molar-refractivity contribution < 1.29 is 13.6 Å². The molecule has 10 heteroatoms. The van der Waals surface area contributed by atoms with Gasteiger partial charge in [0.15, 0.2) is 5.82 Å². The normalized spacial score (nSPS) is 22.2. The SMILES string of the molecule is O=C(CN1CC2CCC(C1)N2c1ncc(F)cn1)N1CCc2c(cnn2-c2ccc(F)cc2)C1. The molecule has 2 bridgehead atoms. The van der Waals surface area contributed by atoms with Crippen LogP contribution in [0.4, 0.5) is 14.7 Å². The van der Waals surface area contributed by atoms with Gasteiger partial charge in [-0.25, -0.2) is 23.4 Å². The van der Waals surface area contributed by atoms with Gasteiger partial charge in [-0.05, 0) is 37.1 Å². The van der Waals surface area contributed by atoms with E-state index < -0.39 is 5.82 Å². The van der Waals surface area contributed by atoms with E-state index in [1.807, 2.05) is 9.58 Å². The van der Waals surface area contributed by atoms with Crippen LogP contribution in [0.1, 0.15) is 24.1 Å². The van der Waals surface area contributed by atoms with E-state index in [0.717, 1.165) is 42.9 Å².